The fourth-order valence-electron chi connectivity index (χ4n) is 5.32. The molecule has 31 heavy (non-hydrogen) atoms. The Morgan fingerprint density at radius 3 is 2.58 bits per heavy atom. The lowest BCUT2D eigenvalue weighted by atomic mass is 9.68. The summed E-state index contributed by atoms with van der Waals surface area (Å²) in [5.41, 5.74) is 7.40. The Hall–Kier alpha value is -2.59. The van der Waals surface area contributed by atoms with Gasteiger partial charge in [-0.3, -0.25) is 9.36 Å². The molecule has 4 heteroatoms. The van der Waals surface area contributed by atoms with Gasteiger partial charge in [0.25, 0.3) is 5.56 Å². The Kier molecular flexibility index (Phi) is 5.13. The minimum Gasteiger partial charge on any atom is -0.268 e. The van der Waals surface area contributed by atoms with Gasteiger partial charge in [-0.05, 0) is 50.3 Å². The fourth-order valence-corrected chi connectivity index (χ4v) is 6.16. The molecule has 2 aliphatic rings. The number of aryl methyl sites for hydroxylation is 1. The lowest BCUT2D eigenvalue weighted by Crippen LogP contribution is -2.40. The molecule has 158 valence electrons. The van der Waals surface area contributed by atoms with Crippen LogP contribution in [0.1, 0.15) is 49.3 Å². The maximum atomic E-state index is 14.3. The standard InChI is InChI=1S/C27H28N2OS/c1-18(2)17-31-26-28-24-21-12-6-5-11-20(21)16-27(14-8-9-15-27)23(24)25(30)29(26)22-13-7-4-10-19(22)3/h4-7,10-13H,1,8-9,14-17H2,2-3H3. The molecule has 5 rings (SSSR count). The molecule has 0 atom stereocenters. The molecule has 1 spiro atoms. The van der Waals surface area contributed by atoms with Crippen molar-refractivity contribution in [3.05, 3.63) is 87.7 Å². The number of nitrogens with zero attached hydrogens (tertiary/aromatic N) is 2. The van der Waals surface area contributed by atoms with E-state index in [0.29, 0.717) is 0 Å². The van der Waals surface area contributed by atoms with Crippen molar-refractivity contribution in [1.82, 2.24) is 9.55 Å². The normalized spacial score (nSPS) is 16.2. The molecule has 0 N–H and O–H groups in total. The average molecular weight is 429 g/mol. The van der Waals surface area contributed by atoms with E-state index in [4.69, 9.17) is 4.98 Å². The Bertz CT molecular complexity index is 1230. The second-order valence-corrected chi connectivity index (χ2v) is 10.1. The van der Waals surface area contributed by atoms with E-state index >= 15 is 0 Å². The van der Waals surface area contributed by atoms with E-state index < -0.39 is 0 Å². The summed E-state index contributed by atoms with van der Waals surface area (Å²) < 4.78 is 1.87. The van der Waals surface area contributed by atoms with Crippen molar-refractivity contribution in [2.45, 2.75) is 56.5 Å². The van der Waals surface area contributed by atoms with Gasteiger partial charge in [0.1, 0.15) is 0 Å². The molecule has 0 bridgehead atoms. The number of hydrogen-bond donors (Lipinski definition) is 0. The lowest BCUT2D eigenvalue weighted by molar-refractivity contribution is 0.422. The Balaban J connectivity index is 1.84. The van der Waals surface area contributed by atoms with Crippen molar-refractivity contribution in [1.29, 1.82) is 0 Å². The Morgan fingerprint density at radius 1 is 1.13 bits per heavy atom. The highest BCUT2D eigenvalue weighted by atomic mass is 32.2. The summed E-state index contributed by atoms with van der Waals surface area (Å²) in [5.74, 6) is 0.740. The van der Waals surface area contributed by atoms with Gasteiger partial charge in [-0.25, -0.2) is 4.98 Å². The van der Waals surface area contributed by atoms with E-state index in [2.05, 4.69) is 43.8 Å². The van der Waals surface area contributed by atoms with E-state index in [0.717, 1.165) is 63.8 Å². The van der Waals surface area contributed by atoms with Gasteiger partial charge in [0.15, 0.2) is 5.16 Å². The SMILES string of the molecule is C=C(C)CSc1nc2c(c(=O)n1-c1ccccc1C)C1(CCCC1)Cc1ccccc1-2. The van der Waals surface area contributed by atoms with Gasteiger partial charge in [-0.2, -0.15) is 0 Å². The minimum atomic E-state index is -0.0875. The number of benzene rings is 2. The van der Waals surface area contributed by atoms with Crippen molar-refractivity contribution in [3.63, 3.8) is 0 Å². The molecule has 1 heterocycles. The smallest absolute Gasteiger partial charge is 0.263 e. The van der Waals surface area contributed by atoms with Crippen LogP contribution in [0.15, 0.2) is 70.6 Å². The minimum absolute atomic E-state index is 0.0875. The number of fused-ring (bicyclic) bond motifs is 4. The van der Waals surface area contributed by atoms with Crippen molar-refractivity contribution in [2.75, 3.05) is 5.75 Å². The first-order chi connectivity index (χ1) is 15.0. The highest BCUT2D eigenvalue weighted by Crippen LogP contribution is 2.50. The van der Waals surface area contributed by atoms with Gasteiger partial charge in [-0.1, -0.05) is 79.2 Å². The monoisotopic (exact) mass is 428 g/mol. The molecule has 1 fully saturated rings. The molecule has 0 saturated heterocycles. The largest absolute Gasteiger partial charge is 0.268 e. The number of aromatic nitrogens is 2. The molecule has 3 nitrogen and oxygen atoms in total. The quantitative estimate of drug-likeness (QED) is 0.280. The molecular weight excluding hydrogens is 400 g/mol. The van der Waals surface area contributed by atoms with Gasteiger partial charge >= 0.3 is 0 Å². The van der Waals surface area contributed by atoms with Crippen LogP contribution < -0.4 is 5.56 Å². The van der Waals surface area contributed by atoms with Crippen molar-refractivity contribution in [3.8, 4) is 16.9 Å². The lowest BCUT2D eigenvalue weighted by Gasteiger charge is -2.36. The first-order valence-corrected chi connectivity index (χ1v) is 12.1. The molecule has 0 unspecified atom stereocenters. The first kappa shape index (κ1) is 20.3. The van der Waals surface area contributed by atoms with Gasteiger partial charge in [0, 0.05) is 16.7 Å². The summed E-state index contributed by atoms with van der Waals surface area (Å²) in [6.07, 6.45) is 5.43. The third kappa shape index (κ3) is 3.38. The fraction of sp³-hybridized carbons (Fsp3) is 0.333. The van der Waals surface area contributed by atoms with Gasteiger partial charge in [0.05, 0.1) is 16.9 Å². The van der Waals surface area contributed by atoms with Crippen LogP contribution in [0.3, 0.4) is 0 Å². The molecule has 1 aromatic heterocycles. The molecular formula is C27H28N2OS. The zero-order valence-corrected chi connectivity index (χ0v) is 19.1. The van der Waals surface area contributed by atoms with Crippen molar-refractivity contribution in [2.24, 2.45) is 0 Å². The zero-order valence-electron chi connectivity index (χ0n) is 18.3. The summed E-state index contributed by atoms with van der Waals surface area (Å²) in [6.45, 7) is 8.14. The maximum absolute atomic E-state index is 14.3. The van der Waals surface area contributed by atoms with Crippen molar-refractivity contribution < 1.29 is 0 Å². The van der Waals surface area contributed by atoms with Gasteiger partial charge < -0.3 is 0 Å². The first-order valence-electron chi connectivity index (χ1n) is 11.1. The maximum Gasteiger partial charge on any atom is 0.263 e. The topological polar surface area (TPSA) is 34.9 Å². The van der Waals surface area contributed by atoms with E-state index in [9.17, 15) is 4.79 Å². The van der Waals surface area contributed by atoms with E-state index in [1.807, 2.05) is 29.7 Å². The Labute approximate surface area is 188 Å². The molecule has 1 saturated carbocycles. The summed E-state index contributed by atoms with van der Waals surface area (Å²) >= 11 is 1.60. The van der Waals surface area contributed by atoms with Crippen LogP contribution in [0, 0.1) is 6.92 Å². The van der Waals surface area contributed by atoms with E-state index in [-0.39, 0.29) is 11.0 Å². The van der Waals surface area contributed by atoms with Crippen LogP contribution in [0.2, 0.25) is 0 Å². The Morgan fingerprint density at radius 2 is 1.84 bits per heavy atom. The van der Waals surface area contributed by atoms with E-state index in [1.165, 1.54) is 18.4 Å². The molecule has 0 radical (unpaired) electrons. The van der Waals surface area contributed by atoms with Crippen LogP contribution in [-0.4, -0.2) is 15.3 Å². The molecule has 3 aromatic rings. The molecule has 0 amide bonds. The van der Waals surface area contributed by atoms with Crippen LogP contribution in [0.4, 0.5) is 0 Å². The van der Waals surface area contributed by atoms with Gasteiger partial charge in [0.2, 0.25) is 0 Å². The third-order valence-corrected chi connectivity index (χ3v) is 7.92. The number of thioether (sulfide) groups is 1. The molecule has 0 aliphatic heterocycles. The predicted molar refractivity (Wildman–Crippen MR) is 129 cm³/mol. The summed E-state index contributed by atoms with van der Waals surface area (Å²) in [4.78, 5) is 19.5. The van der Waals surface area contributed by atoms with Gasteiger partial charge in [-0.15, -0.1) is 0 Å². The summed E-state index contributed by atoms with van der Waals surface area (Å²) in [7, 11) is 0. The van der Waals surface area contributed by atoms with Crippen molar-refractivity contribution >= 4 is 11.8 Å². The summed E-state index contributed by atoms with van der Waals surface area (Å²) in [6, 6.07) is 16.6. The van der Waals surface area contributed by atoms with Crippen LogP contribution >= 0.6 is 11.8 Å². The van der Waals surface area contributed by atoms with Crippen LogP contribution in [0.5, 0.6) is 0 Å². The van der Waals surface area contributed by atoms with E-state index in [1.54, 1.807) is 11.8 Å². The van der Waals surface area contributed by atoms with Crippen LogP contribution in [0.25, 0.3) is 16.9 Å². The highest BCUT2D eigenvalue weighted by molar-refractivity contribution is 7.99. The summed E-state index contributed by atoms with van der Waals surface area (Å²) in [5, 5.41) is 0.755. The number of hydrogen-bond acceptors (Lipinski definition) is 3. The average Bonchev–Trinajstić information content (AvgIpc) is 3.21. The highest BCUT2D eigenvalue weighted by Gasteiger charge is 2.44. The molecule has 2 aliphatic carbocycles. The third-order valence-electron chi connectivity index (χ3n) is 6.75. The molecule has 2 aromatic carbocycles. The predicted octanol–water partition coefficient (Wildman–Crippen LogP) is 6.24. The number of rotatable bonds is 4. The second kappa shape index (κ2) is 7.83. The van der Waals surface area contributed by atoms with Crippen LogP contribution in [-0.2, 0) is 11.8 Å². The number of para-hydroxylation sites is 1. The second-order valence-electron chi connectivity index (χ2n) is 9.11. The zero-order chi connectivity index (χ0) is 21.6.